The predicted molar refractivity (Wildman–Crippen MR) is 129 cm³/mol. The maximum atomic E-state index is 6.36. The van der Waals surface area contributed by atoms with E-state index in [9.17, 15) is 0 Å². The summed E-state index contributed by atoms with van der Waals surface area (Å²) in [5.74, 6) is 2.36. The number of nitrogens with one attached hydrogen (secondary N) is 2. The molecule has 8 nitrogen and oxygen atoms in total. The van der Waals surface area contributed by atoms with Crippen LogP contribution in [0.15, 0.2) is 60.1 Å². The Morgan fingerprint density at radius 2 is 1.94 bits per heavy atom. The second-order valence-corrected chi connectivity index (χ2v) is 8.03. The van der Waals surface area contributed by atoms with Crippen LogP contribution in [0.5, 0.6) is 11.5 Å². The normalized spacial score (nSPS) is 14.3. The van der Waals surface area contributed by atoms with Crippen LogP contribution in [-0.4, -0.2) is 40.5 Å². The molecule has 174 valence electrons. The molecule has 2 N–H and O–H groups in total. The number of rotatable bonds is 9. The molecule has 8 heteroatoms. The van der Waals surface area contributed by atoms with Gasteiger partial charge < -0.3 is 20.1 Å². The van der Waals surface area contributed by atoms with Crippen LogP contribution in [0, 0.1) is 0 Å². The Kier molecular flexibility index (Phi) is 7.79. The summed E-state index contributed by atoms with van der Waals surface area (Å²) < 4.78 is 13.7. The number of aliphatic imine (C=N–C) groups is 1. The smallest absolute Gasteiger partial charge is 0.191 e. The van der Waals surface area contributed by atoms with Crippen molar-refractivity contribution in [1.29, 1.82) is 0 Å². The summed E-state index contributed by atoms with van der Waals surface area (Å²) >= 11 is 0. The molecule has 1 heterocycles. The fourth-order valence-electron chi connectivity index (χ4n) is 3.95. The zero-order chi connectivity index (χ0) is 22.9. The Hall–Kier alpha value is -3.55. The van der Waals surface area contributed by atoms with Crippen molar-refractivity contribution in [2.24, 2.45) is 4.99 Å². The monoisotopic (exact) mass is 448 g/mol. The van der Waals surface area contributed by atoms with Gasteiger partial charge in [0.1, 0.15) is 12.7 Å². The molecule has 0 aliphatic heterocycles. The van der Waals surface area contributed by atoms with E-state index < -0.39 is 0 Å². The molecule has 0 spiro atoms. The quantitative estimate of drug-likeness (QED) is 0.382. The fourth-order valence-corrected chi connectivity index (χ4v) is 3.95. The minimum atomic E-state index is 0.266. The standard InChI is InChI=1S/C25H32N6O2/c1-3-27-25(28-15-19-11-13-21(14-12-19)31-18-26-17-30-31)29-16-20-7-6-10-23(32-2)24(20)33-22-8-4-5-9-22/h6-7,10-14,17-18,22H,3-5,8-9,15-16H2,1-2H3,(H2,27,28,29). The third kappa shape index (κ3) is 6.03. The lowest BCUT2D eigenvalue weighted by Gasteiger charge is -2.20. The molecule has 4 rings (SSSR count). The molecule has 3 aromatic rings. The topological polar surface area (TPSA) is 85.6 Å². The highest BCUT2D eigenvalue weighted by Gasteiger charge is 2.20. The first-order valence-electron chi connectivity index (χ1n) is 11.6. The second-order valence-electron chi connectivity index (χ2n) is 8.03. The zero-order valence-corrected chi connectivity index (χ0v) is 19.3. The Bertz CT molecular complexity index is 1030. The Balaban J connectivity index is 1.42. The molecule has 1 saturated carbocycles. The van der Waals surface area contributed by atoms with Crippen LogP contribution in [-0.2, 0) is 13.1 Å². The second kappa shape index (κ2) is 11.4. The van der Waals surface area contributed by atoms with E-state index in [1.54, 1.807) is 18.1 Å². The van der Waals surface area contributed by atoms with Gasteiger partial charge in [0.05, 0.1) is 25.4 Å². The highest BCUT2D eigenvalue weighted by Crippen LogP contribution is 2.34. The Labute approximate surface area is 195 Å². The van der Waals surface area contributed by atoms with Crippen molar-refractivity contribution in [3.63, 3.8) is 0 Å². The number of ether oxygens (including phenoxy) is 2. The summed E-state index contributed by atoms with van der Waals surface area (Å²) in [5.41, 5.74) is 3.14. The van der Waals surface area contributed by atoms with Gasteiger partial charge in [-0.2, -0.15) is 5.10 Å². The highest BCUT2D eigenvalue weighted by atomic mass is 16.5. The number of para-hydroxylation sites is 1. The van der Waals surface area contributed by atoms with Gasteiger partial charge in [-0.15, -0.1) is 0 Å². The Morgan fingerprint density at radius 1 is 1.12 bits per heavy atom. The molecule has 1 aliphatic rings. The SMILES string of the molecule is CCNC(=NCc1ccc(-n2cncn2)cc1)NCc1cccc(OC)c1OC1CCCC1. The molecule has 33 heavy (non-hydrogen) atoms. The molecular weight excluding hydrogens is 416 g/mol. The van der Waals surface area contributed by atoms with Gasteiger partial charge in [0, 0.05) is 18.7 Å². The van der Waals surface area contributed by atoms with Crippen molar-refractivity contribution >= 4 is 5.96 Å². The minimum Gasteiger partial charge on any atom is -0.493 e. The maximum absolute atomic E-state index is 6.36. The van der Waals surface area contributed by atoms with Crippen LogP contribution >= 0.6 is 0 Å². The summed E-state index contributed by atoms with van der Waals surface area (Å²) in [7, 11) is 1.69. The lowest BCUT2D eigenvalue weighted by molar-refractivity contribution is 0.198. The first-order valence-corrected chi connectivity index (χ1v) is 11.6. The van der Waals surface area contributed by atoms with Crippen molar-refractivity contribution in [3.05, 3.63) is 66.2 Å². The molecule has 0 radical (unpaired) electrons. The van der Waals surface area contributed by atoms with Crippen LogP contribution in [0.3, 0.4) is 0 Å². The summed E-state index contributed by atoms with van der Waals surface area (Å²) in [6.07, 6.45) is 8.13. The van der Waals surface area contributed by atoms with Gasteiger partial charge in [0.2, 0.25) is 0 Å². The van der Waals surface area contributed by atoms with Crippen molar-refractivity contribution in [1.82, 2.24) is 25.4 Å². The van der Waals surface area contributed by atoms with E-state index in [0.29, 0.717) is 13.1 Å². The van der Waals surface area contributed by atoms with Crippen LogP contribution in [0.1, 0.15) is 43.7 Å². The lowest BCUT2D eigenvalue weighted by atomic mass is 10.1. The van der Waals surface area contributed by atoms with Crippen LogP contribution < -0.4 is 20.1 Å². The number of nitrogens with zero attached hydrogens (tertiary/aromatic N) is 4. The van der Waals surface area contributed by atoms with E-state index in [-0.39, 0.29) is 6.10 Å². The number of methoxy groups -OCH3 is 1. The number of hydrogen-bond acceptors (Lipinski definition) is 5. The van der Waals surface area contributed by atoms with E-state index in [1.807, 2.05) is 24.3 Å². The van der Waals surface area contributed by atoms with Gasteiger partial charge in [-0.25, -0.2) is 14.7 Å². The van der Waals surface area contributed by atoms with E-state index in [4.69, 9.17) is 14.5 Å². The molecule has 0 saturated heterocycles. The maximum Gasteiger partial charge on any atom is 0.191 e. The molecule has 1 aromatic heterocycles. The Morgan fingerprint density at radius 3 is 2.64 bits per heavy atom. The molecule has 1 aliphatic carbocycles. The number of guanidine groups is 1. The summed E-state index contributed by atoms with van der Waals surface area (Å²) in [4.78, 5) is 8.74. The zero-order valence-electron chi connectivity index (χ0n) is 19.3. The summed E-state index contributed by atoms with van der Waals surface area (Å²) in [6, 6.07) is 14.2. The van der Waals surface area contributed by atoms with Gasteiger partial charge in [-0.05, 0) is 56.4 Å². The third-order valence-corrected chi connectivity index (χ3v) is 5.70. The van der Waals surface area contributed by atoms with Crippen molar-refractivity contribution in [2.75, 3.05) is 13.7 Å². The van der Waals surface area contributed by atoms with Gasteiger partial charge in [0.15, 0.2) is 17.5 Å². The summed E-state index contributed by atoms with van der Waals surface area (Å²) in [6.45, 7) is 4.00. The molecule has 0 atom stereocenters. The van der Waals surface area contributed by atoms with E-state index in [0.717, 1.165) is 53.7 Å². The predicted octanol–water partition coefficient (Wildman–Crippen LogP) is 3.85. The van der Waals surface area contributed by atoms with E-state index in [1.165, 1.54) is 19.2 Å². The van der Waals surface area contributed by atoms with Crippen LogP contribution in [0.4, 0.5) is 0 Å². The first-order chi connectivity index (χ1) is 16.3. The van der Waals surface area contributed by atoms with Gasteiger partial charge >= 0.3 is 0 Å². The van der Waals surface area contributed by atoms with Crippen molar-refractivity contribution < 1.29 is 9.47 Å². The van der Waals surface area contributed by atoms with Crippen molar-refractivity contribution in [3.8, 4) is 17.2 Å². The number of benzene rings is 2. The molecule has 1 fully saturated rings. The van der Waals surface area contributed by atoms with E-state index in [2.05, 4.69) is 45.8 Å². The molecule has 2 aromatic carbocycles. The van der Waals surface area contributed by atoms with Crippen molar-refractivity contribution in [2.45, 2.75) is 51.8 Å². The summed E-state index contributed by atoms with van der Waals surface area (Å²) in [5, 5.41) is 10.9. The number of hydrogen-bond donors (Lipinski definition) is 2. The average molecular weight is 449 g/mol. The number of aromatic nitrogens is 3. The molecule has 0 amide bonds. The van der Waals surface area contributed by atoms with E-state index >= 15 is 0 Å². The highest BCUT2D eigenvalue weighted by molar-refractivity contribution is 5.79. The third-order valence-electron chi connectivity index (χ3n) is 5.70. The first kappa shape index (κ1) is 22.6. The molecule has 0 bridgehead atoms. The minimum absolute atomic E-state index is 0.266. The van der Waals surface area contributed by atoms with Crippen LogP contribution in [0.25, 0.3) is 5.69 Å². The van der Waals surface area contributed by atoms with Gasteiger partial charge in [0.25, 0.3) is 0 Å². The molecule has 0 unspecified atom stereocenters. The molecular formula is C25H32N6O2. The van der Waals surface area contributed by atoms with Crippen LogP contribution in [0.2, 0.25) is 0 Å². The largest absolute Gasteiger partial charge is 0.493 e. The van der Waals surface area contributed by atoms with Gasteiger partial charge in [-0.1, -0.05) is 24.3 Å². The fraction of sp³-hybridized carbons (Fsp3) is 0.400. The van der Waals surface area contributed by atoms with Gasteiger partial charge in [-0.3, -0.25) is 0 Å². The lowest BCUT2D eigenvalue weighted by Crippen LogP contribution is -2.37. The average Bonchev–Trinajstić information content (AvgIpc) is 3.56.